The third kappa shape index (κ3) is 2.30. The summed E-state index contributed by atoms with van der Waals surface area (Å²) in [5.74, 6) is 0. The van der Waals surface area contributed by atoms with Crippen LogP contribution in [0, 0.1) is 6.92 Å². The van der Waals surface area contributed by atoms with Gasteiger partial charge in [0.05, 0.1) is 5.01 Å². The van der Waals surface area contributed by atoms with Crippen LogP contribution in [0.25, 0.3) is 0 Å². The highest BCUT2D eigenvalue weighted by atomic mass is 79.9. The van der Waals surface area contributed by atoms with E-state index in [0.29, 0.717) is 6.04 Å². The van der Waals surface area contributed by atoms with Crippen molar-refractivity contribution in [2.75, 3.05) is 6.54 Å². The molecule has 1 saturated heterocycles. The average molecular weight is 261 g/mol. The van der Waals surface area contributed by atoms with E-state index in [1.54, 1.807) is 11.3 Å². The number of aryl methyl sites for hydroxylation is 1. The van der Waals surface area contributed by atoms with E-state index in [-0.39, 0.29) is 0 Å². The van der Waals surface area contributed by atoms with Gasteiger partial charge in [0.1, 0.15) is 4.60 Å². The molecule has 1 aliphatic rings. The Morgan fingerprint density at radius 1 is 1.69 bits per heavy atom. The summed E-state index contributed by atoms with van der Waals surface area (Å²) in [4.78, 5) is 5.75. The second kappa shape index (κ2) is 4.07. The Morgan fingerprint density at radius 3 is 3.08 bits per heavy atom. The SMILES string of the molecule is Cc1sc(CC2CCCN2)nc1Br. The van der Waals surface area contributed by atoms with Gasteiger partial charge in [0, 0.05) is 17.3 Å². The predicted octanol–water partition coefficient (Wildman–Crippen LogP) is 2.51. The van der Waals surface area contributed by atoms with Gasteiger partial charge < -0.3 is 5.32 Å². The van der Waals surface area contributed by atoms with Gasteiger partial charge in [-0.15, -0.1) is 11.3 Å². The molecule has 1 aromatic rings. The molecule has 1 unspecified atom stereocenters. The van der Waals surface area contributed by atoms with Gasteiger partial charge in [-0.1, -0.05) is 0 Å². The molecule has 0 aromatic carbocycles. The maximum absolute atomic E-state index is 4.47. The third-order valence-corrected chi connectivity index (χ3v) is 4.40. The molecular formula is C9H13BrN2S. The molecule has 1 atom stereocenters. The lowest BCUT2D eigenvalue weighted by Gasteiger charge is -2.05. The van der Waals surface area contributed by atoms with Crippen LogP contribution in [0.15, 0.2) is 4.60 Å². The molecule has 0 bridgehead atoms. The molecule has 13 heavy (non-hydrogen) atoms. The van der Waals surface area contributed by atoms with E-state index in [1.165, 1.54) is 29.3 Å². The van der Waals surface area contributed by atoms with Crippen LogP contribution >= 0.6 is 27.3 Å². The van der Waals surface area contributed by atoms with Gasteiger partial charge in [-0.05, 0) is 42.2 Å². The Kier molecular flexibility index (Phi) is 3.01. The quantitative estimate of drug-likeness (QED) is 0.884. The van der Waals surface area contributed by atoms with E-state index in [0.717, 1.165) is 11.0 Å². The molecule has 72 valence electrons. The molecule has 1 N–H and O–H groups in total. The van der Waals surface area contributed by atoms with Crippen molar-refractivity contribution in [3.05, 3.63) is 14.5 Å². The van der Waals surface area contributed by atoms with E-state index < -0.39 is 0 Å². The summed E-state index contributed by atoms with van der Waals surface area (Å²) >= 11 is 5.25. The second-order valence-corrected chi connectivity index (χ2v) is 5.49. The molecule has 4 heteroatoms. The first-order valence-electron chi connectivity index (χ1n) is 4.61. The largest absolute Gasteiger partial charge is 0.314 e. The van der Waals surface area contributed by atoms with Gasteiger partial charge >= 0.3 is 0 Å². The van der Waals surface area contributed by atoms with Crippen molar-refractivity contribution in [3.8, 4) is 0 Å². The van der Waals surface area contributed by atoms with Gasteiger partial charge in [0.15, 0.2) is 0 Å². The number of rotatable bonds is 2. The fourth-order valence-corrected chi connectivity index (χ4v) is 3.14. The highest BCUT2D eigenvalue weighted by molar-refractivity contribution is 9.10. The minimum Gasteiger partial charge on any atom is -0.314 e. The fraction of sp³-hybridized carbons (Fsp3) is 0.667. The summed E-state index contributed by atoms with van der Waals surface area (Å²) < 4.78 is 1.02. The Morgan fingerprint density at radius 2 is 2.54 bits per heavy atom. The number of aromatic nitrogens is 1. The van der Waals surface area contributed by atoms with Gasteiger partial charge in [-0.25, -0.2) is 4.98 Å². The lowest BCUT2D eigenvalue weighted by molar-refractivity contribution is 0.601. The van der Waals surface area contributed by atoms with E-state index in [1.807, 2.05) is 0 Å². The number of nitrogens with one attached hydrogen (secondary N) is 1. The second-order valence-electron chi connectivity index (χ2n) is 3.45. The smallest absolute Gasteiger partial charge is 0.120 e. The molecule has 0 spiro atoms. The first-order chi connectivity index (χ1) is 6.25. The van der Waals surface area contributed by atoms with Gasteiger partial charge in [0.2, 0.25) is 0 Å². The molecule has 0 amide bonds. The topological polar surface area (TPSA) is 24.9 Å². The standard InChI is InChI=1S/C9H13BrN2S/c1-6-9(10)12-8(13-6)5-7-3-2-4-11-7/h7,11H,2-5H2,1H3. The Bertz CT molecular complexity index is 272. The molecular weight excluding hydrogens is 248 g/mol. The highest BCUT2D eigenvalue weighted by Crippen LogP contribution is 2.24. The van der Waals surface area contributed by atoms with E-state index in [4.69, 9.17) is 0 Å². The number of halogens is 1. The van der Waals surface area contributed by atoms with Crippen LogP contribution in [0.3, 0.4) is 0 Å². The number of hydrogen-bond donors (Lipinski definition) is 1. The maximum Gasteiger partial charge on any atom is 0.120 e. The number of nitrogens with zero attached hydrogens (tertiary/aromatic N) is 1. The van der Waals surface area contributed by atoms with Crippen molar-refractivity contribution in [3.63, 3.8) is 0 Å². The van der Waals surface area contributed by atoms with Crippen LogP contribution in [0.2, 0.25) is 0 Å². The summed E-state index contributed by atoms with van der Waals surface area (Å²) in [6, 6.07) is 0.664. The molecule has 2 rings (SSSR count). The zero-order chi connectivity index (χ0) is 9.26. The van der Waals surface area contributed by atoms with Crippen molar-refractivity contribution >= 4 is 27.3 Å². The number of thiazole rings is 1. The average Bonchev–Trinajstić information content (AvgIpc) is 2.64. The third-order valence-electron chi connectivity index (χ3n) is 2.37. The Hall–Kier alpha value is 0.0700. The van der Waals surface area contributed by atoms with Crippen LogP contribution < -0.4 is 5.32 Å². The zero-order valence-corrected chi connectivity index (χ0v) is 10.0. The first kappa shape index (κ1) is 9.62. The fourth-order valence-electron chi connectivity index (χ4n) is 1.66. The van der Waals surface area contributed by atoms with Crippen molar-refractivity contribution < 1.29 is 0 Å². The Labute approximate surface area is 90.9 Å². The molecule has 1 aromatic heterocycles. The molecule has 2 nitrogen and oxygen atoms in total. The Balaban J connectivity index is 2.00. The van der Waals surface area contributed by atoms with Gasteiger partial charge in [0.25, 0.3) is 0 Å². The first-order valence-corrected chi connectivity index (χ1v) is 6.22. The highest BCUT2D eigenvalue weighted by Gasteiger charge is 2.16. The zero-order valence-electron chi connectivity index (χ0n) is 7.64. The molecule has 0 radical (unpaired) electrons. The maximum atomic E-state index is 4.47. The molecule has 2 heterocycles. The lowest BCUT2D eigenvalue weighted by atomic mass is 10.2. The summed E-state index contributed by atoms with van der Waals surface area (Å²) in [5.41, 5.74) is 0. The van der Waals surface area contributed by atoms with E-state index in [9.17, 15) is 0 Å². The van der Waals surface area contributed by atoms with Gasteiger partial charge in [-0.2, -0.15) is 0 Å². The van der Waals surface area contributed by atoms with E-state index >= 15 is 0 Å². The minimum atomic E-state index is 0.664. The van der Waals surface area contributed by atoms with Crippen molar-refractivity contribution in [1.29, 1.82) is 0 Å². The lowest BCUT2D eigenvalue weighted by Crippen LogP contribution is -2.23. The van der Waals surface area contributed by atoms with Crippen LogP contribution in [-0.2, 0) is 6.42 Å². The monoisotopic (exact) mass is 260 g/mol. The van der Waals surface area contributed by atoms with E-state index in [2.05, 4.69) is 33.2 Å². The predicted molar refractivity (Wildman–Crippen MR) is 59.3 cm³/mol. The molecule has 1 fully saturated rings. The van der Waals surface area contributed by atoms with Crippen LogP contribution in [0.1, 0.15) is 22.7 Å². The number of hydrogen-bond acceptors (Lipinski definition) is 3. The van der Waals surface area contributed by atoms with Crippen LogP contribution in [0.5, 0.6) is 0 Å². The summed E-state index contributed by atoms with van der Waals surface area (Å²) in [6.07, 6.45) is 3.71. The summed E-state index contributed by atoms with van der Waals surface area (Å²) in [6.45, 7) is 3.28. The van der Waals surface area contributed by atoms with Crippen LogP contribution in [0.4, 0.5) is 0 Å². The van der Waals surface area contributed by atoms with Crippen molar-refractivity contribution in [2.45, 2.75) is 32.2 Å². The van der Waals surface area contributed by atoms with Crippen LogP contribution in [-0.4, -0.2) is 17.6 Å². The summed E-state index contributed by atoms with van der Waals surface area (Å²) in [7, 11) is 0. The normalized spacial score (nSPS) is 22.5. The summed E-state index contributed by atoms with van der Waals surface area (Å²) in [5, 5.41) is 4.74. The van der Waals surface area contributed by atoms with Crippen molar-refractivity contribution in [2.24, 2.45) is 0 Å². The van der Waals surface area contributed by atoms with Gasteiger partial charge in [-0.3, -0.25) is 0 Å². The molecule has 1 aliphatic heterocycles. The van der Waals surface area contributed by atoms with Crippen molar-refractivity contribution in [1.82, 2.24) is 10.3 Å². The molecule has 0 saturated carbocycles. The molecule has 0 aliphatic carbocycles. The minimum absolute atomic E-state index is 0.664.